The number of H-pyrrole nitrogens is 1. The third-order valence-electron chi connectivity index (χ3n) is 2.50. The molecule has 112 valence electrons. The molecule has 21 heavy (non-hydrogen) atoms. The number of hydrogen-bond donors (Lipinski definition) is 2. The van der Waals surface area contributed by atoms with Crippen molar-refractivity contribution in [1.29, 1.82) is 0 Å². The van der Waals surface area contributed by atoms with Gasteiger partial charge in [0.25, 0.3) is 0 Å². The molecule has 10 heteroatoms. The van der Waals surface area contributed by atoms with Crippen LogP contribution in [0.2, 0.25) is 0 Å². The summed E-state index contributed by atoms with van der Waals surface area (Å²) >= 11 is 0. The van der Waals surface area contributed by atoms with Crippen LogP contribution in [0.4, 0.5) is 18.9 Å². The average Bonchev–Trinajstić information content (AvgIpc) is 2.83. The molecule has 0 bridgehead atoms. The molecule has 0 aliphatic carbocycles. The van der Waals surface area contributed by atoms with Crippen molar-refractivity contribution in [1.82, 2.24) is 20.2 Å². The van der Waals surface area contributed by atoms with Gasteiger partial charge in [-0.05, 0) is 34.7 Å². The lowest BCUT2D eigenvalue weighted by Crippen LogP contribution is -2.17. The van der Waals surface area contributed by atoms with Gasteiger partial charge in [-0.2, -0.15) is 17.9 Å². The van der Waals surface area contributed by atoms with Crippen LogP contribution in [0.3, 0.4) is 0 Å². The SMILES string of the molecule is O=C(CCC(F)(F)F)Nc1ccc(-n2nn[nH]c2=O)cc1. The summed E-state index contributed by atoms with van der Waals surface area (Å²) in [6.45, 7) is 0. The highest BCUT2D eigenvalue weighted by molar-refractivity contribution is 5.90. The molecule has 0 fully saturated rings. The summed E-state index contributed by atoms with van der Waals surface area (Å²) in [5, 5.41) is 11.3. The normalized spacial score (nSPS) is 11.4. The number of nitrogens with one attached hydrogen (secondary N) is 2. The predicted molar refractivity (Wildman–Crippen MR) is 65.9 cm³/mol. The minimum absolute atomic E-state index is 0.322. The number of carbonyl (C=O) groups excluding carboxylic acids is 1. The number of aromatic nitrogens is 4. The fourth-order valence-electron chi connectivity index (χ4n) is 1.53. The maximum absolute atomic E-state index is 12.0. The molecule has 0 saturated heterocycles. The largest absolute Gasteiger partial charge is 0.389 e. The Morgan fingerprint density at radius 2 is 1.95 bits per heavy atom. The minimum Gasteiger partial charge on any atom is -0.326 e. The van der Waals surface area contributed by atoms with E-state index in [4.69, 9.17) is 0 Å². The van der Waals surface area contributed by atoms with E-state index in [0.717, 1.165) is 4.68 Å². The summed E-state index contributed by atoms with van der Waals surface area (Å²) in [6.07, 6.45) is -6.19. The van der Waals surface area contributed by atoms with Crippen LogP contribution in [0.25, 0.3) is 5.69 Å². The predicted octanol–water partition coefficient (Wildman–Crippen LogP) is 1.24. The summed E-state index contributed by atoms with van der Waals surface area (Å²) in [6, 6.07) is 5.84. The molecule has 7 nitrogen and oxygen atoms in total. The van der Waals surface area contributed by atoms with Gasteiger partial charge in [0.1, 0.15) is 0 Å². The van der Waals surface area contributed by atoms with Gasteiger partial charge in [-0.15, -0.1) is 0 Å². The van der Waals surface area contributed by atoms with Gasteiger partial charge in [0.05, 0.1) is 12.1 Å². The van der Waals surface area contributed by atoms with E-state index in [1.54, 1.807) is 0 Å². The smallest absolute Gasteiger partial charge is 0.326 e. The second kappa shape index (κ2) is 5.77. The minimum atomic E-state index is -4.37. The molecule has 1 aromatic carbocycles. The zero-order valence-electron chi connectivity index (χ0n) is 10.5. The first kappa shape index (κ1) is 14.8. The van der Waals surface area contributed by atoms with Crippen LogP contribution in [-0.2, 0) is 4.79 Å². The van der Waals surface area contributed by atoms with Crippen LogP contribution in [-0.4, -0.2) is 32.3 Å². The summed E-state index contributed by atoms with van der Waals surface area (Å²) in [5.41, 5.74) is 0.196. The number of alkyl halides is 3. The summed E-state index contributed by atoms with van der Waals surface area (Å²) in [7, 11) is 0. The highest BCUT2D eigenvalue weighted by Crippen LogP contribution is 2.21. The molecular formula is C11H10F3N5O2. The summed E-state index contributed by atoms with van der Waals surface area (Å²) in [4.78, 5) is 22.6. The number of aromatic amines is 1. The zero-order valence-corrected chi connectivity index (χ0v) is 10.5. The van der Waals surface area contributed by atoms with E-state index in [1.807, 2.05) is 0 Å². The van der Waals surface area contributed by atoms with Crippen molar-refractivity contribution in [3.63, 3.8) is 0 Å². The van der Waals surface area contributed by atoms with Gasteiger partial charge in [-0.25, -0.2) is 9.89 Å². The Morgan fingerprint density at radius 3 is 2.48 bits per heavy atom. The van der Waals surface area contributed by atoms with E-state index in [2.05, 4.69) is 20.8 Å². The van der Waals surface area contributed by atoms with Crippen molar-refractivity contribution >= 4 is 11.6 Å². The molecule has 0 aliphatic heterocycles. The van der Waals surface area contributed by atoms with E-state index >= 15 is 0 Å². The fourth-order valence-corrected chi connectivity index (χ4v) is 1.53. The standard InChI is InChI=1S/C11H10F3N5O2/c12-11(13,14)6-5-9(20)15-7-1-3-8(4-2-7)19-10(21)16-17-18-19/h1-4H,5-6H2,(H,15,20)(H,16,18,21). The number of hydrogen-bond acceptors (Lipinski definition) is 4. The van der Waals surface area contributed by atoms with E-state index in [0.29, 0.717) is 11.4 Å². The maximum Gasteiger partial charge on any atom is 0.389 e. The van der Waals surface area contributed by atoms with E-state index in [9.17, 15) is 22.8 Å². The van der Waals surface area contributed by atoms with Crippen molar-refractivity contribution < 1.29 is 18.0 Å². The van der Waals surface area contributed by atoms with Gasteiger partial charge in [-0.3, -0.25) is 4.79 Å². The zero-order chi connectivity index (χ0) is 15.5. The Balaban J connectivity index is 1.98. The number of nitrogens with zero attached hydrogens (tertiary/aromatic N) is 3. The van der Waals surface area contributed by atoms with Crippen LogP contribution in [0, 0.1) is 0 Å². The molecule has 0 aliphatic rings. The van der Waals surface area contributed by atoms with Crippen molar-refractivity contribution in [2.45, 2.75) is 19.0 Å². The number of halogens is 3. The first-order valence-electron chi connectivity index (χ1n) is 5.82. The number of carbonyl (C=O) groups is 1. The van der Waals surface area contributed by atoms with Crippen LogP contribution in [0.1, 0.15) is 12.8 Å². The quantitative estimate of drug-likeness (QED) is 0.888. The monoisotopic (exact) mass is 301 g/mol. The fraction of sp³-hybridized carbons (Fsp3) is 0.273. The molecule has 0 atom stereocenters. The average molecular weight is 301 g/mol. The number of tetrazole rings is 1. The number of benzene rings is 1. The van der Waals surface area contributed by atoms with Gasteiger partial charge < -0.3 is 5.32 Å². The molecule has 0 saturated carbocycles. The van der Waals surface area contributed by atoms with Crippen LogP contribution in [0.5, 0.6) is 0 Å². The lowest BCUT2D eigenvalue weighted by Gasteiger charge is -2.07. The third-order valence-corrected chi connectivity index (χ3v) is 2.50. The van der Waals surface area contributed by atoms with Gasteiger partial charge in [-0.1, -0.05) is 0 Å². The Bertz CT molecular complexity index is 674. The van der Waals surface area contributed by atoms with Crippen LogP contribution < -0.4 is 11.0 Å². The van der Waals surface area contributed by atoms with Crippen molar-refractivity contribution in [3.05, 3.63) is 34.7 Å². The molecular weight excluding hydrogens is 291 g/mol. The highest BCUT2D eigenvalue weighted by atomic mass is 19.4. The van der Waals surface area contributed by atoms with Crippen LogP contribution in [0.15, 0.2) is 29.1 Å². The molecule has 0 spiro atoms. The molecule has 0 radical (unpaired) electrons. The summed E-state index contributed by atoms with van der Waals surface area (Å²) < 4.78 is 36.9. The van der Waals surface area contributed by atoms with E-state index in [-0.39, 0.29) is 0 Å². The van der Waals surface area contributed by atoms with Crippen molar-refractivity contribution in [2.24, 2.45) is 0 Å². The van der Waals surface area contributed by atoms with Gasteiger partial charge >= 0.3 is 11.9 Å². The first-order valence-corrected chi connectivity index (χ1v) is 5.82. The van der Waals surface area contributed by atoms with Crippen LogP contribution >= 0.6 is 0 Å². The Hall–Kier alpha value is -2.65. The number of amides is 1. The molecule has 1 aromatic heterocycles. The topological polar surface area (TPSA) is 92.7 Å². The number of rotatable bonds is 4. The molecule has 0 unspecified atom stereocenters. The highest BCUT2D eigenvalue weighted by Gasteiger charge is 2.27. The Labute approximate surface area is 115 Å². The van der Waals surface area contributed by atoms with Gasteiger partial charge in [0.15, 0.2) is 0 Å². The van der Waals surface area contributed by atoms with E-state index in [1.165, 1.54) is 24.3 Å². The van der Waals surface area contributed by atoms with Crippen molar-refractivity contribution in [2.75, 3.05) is 5.32 Å². The lowest BCUT2D eigenvalue weighted by molar-refractivity contribution is -0.142. The second-order valence-corrected chi connectivity index (χ2v) is 4.13. The third kappa shape index (κ3) is 4.16. The Morgan fingerprint density at radius 1 is 1.29 bits per heavy atom. The maximum atomic E-state index is 12.0. The molecule has 1 amide bonds. The molecule has 2 N–H and O–H groups in total. The molecule has 2 aromatic rings. The number of anilines is 1. The van der Waals surface area contributed by atoms with Gasteiger partial charge in [0, 0.05) is 12.1 Å². The Kier molecular flexibility index (Phi) is 4.05. The lowest BCUT2D eigenvalue weighted by atomic mass is 10.2. The van der Waals surface area contributed by atoms with E-state index < -0.39 is 30.6 Å². The first-order chi connectivity index (χ1) is 9.85. The molecule has 2 rings (SSSR count). The van der Waals surface area contributed by atoms with Crippen molar-refractivity contribution in [3.8, 4) is 5.69 Å². The van der Waals surface area contributed by atoms with Gasteiger partial charge in [0.2, 0.25) is 5.91 Å². The second-order valence-electron chi connectivity index (χ2n) is 4.13. The summed E-state index contributed by atoms with van der Waals surface area (Å²) in [5.74, 6) is -0.737. The molecule has 1 heterocycles.